The van der Waals surface area contributed by atoms with Gasteiger partial charge in [-0.05, 0) is 43.4 Å². The van der Waals surface area contributed by atoms with E-state index in [0.29, 0.717) is 5.92 Å². The summed E-state index contributed by atoms with van der Waals surface area (Å²) in [7, 11) is 0. The summed E-state index contributed by atoms with van der Waals surface area (Å²) in [5.74, 6) is 0.892. The fraction of sp³-hybridized carbons (Fsp3) is 0.562. The summed E-state index contributed by atoms with van der Waals surface area (Å²) in [4.78, 5) is 12.4. The van der Waals surface area contributed by atoms with Gasteiger partial charge in [-0.15, -0.1) is 0 Å². The van der Waals surface area contributed by atoms with E-state index in [4.69, 9.17) is 0 Å². The molecule has 0 aromatic heterocycles. The van der Waals surface area contributed by atoms with Gasteiger partial charge in [-0.1, -0.05) is 38.5 Å². The second kappa shape index (κ2) is 6.14. The van der Waals surface area contributed by atoms with E-state index < -0.39 is 0 Å². The molecule has 1 atom stereocenters. The maximum Gasteiger partial charge on any atom is 0.179 e. The van der Waals surface area contributed by atoms with Crippen LogP contribution in [0.3, 0.4) is 0 Å². The molecular weight excluding hydrogens is 222 g/mol. The first-order chi connectivity index (χ1) is 8.66. The molecule has 1 N–H and O–H groups in total. The minimum atomic E-state index is 0.0352. The van der Waals surface area contributed by atoms with Gasteiger partial charge in [0.25, 0.3) is 0 Å². The van der Waals surface area contributed by atoms with Crippen molar-refractivity contribution in [3.05, 3.63) is 35.4 Å². The first-order valence-electron chi connectivity index (χ1n) is 7.03. The van der Waals surface area contributed by atoms with Gasteiger partial charge in [0.1, 0.15) is 0 Å². The molecule has 1 aromatic rings. The topological polar surface area (TPSA) is 29.1 Å². The third kappa shape index (κ3) is 3.42. The highest BCUT2D eigenvalue weighted by Crippen LogP contribution is 2.16. The van der Waals surface area contributed by atoms with Crippen LogP contribution in [0.4, 0.5) is 0 Å². The molecule has 18 heavy (non-hydrogen) atoms. The van der Waals surface area contributed by atoms with Crippen molar-refractivity contribution in [3.8, 4) is 0 Å². The zero-order valence-electron chi connectivity index (χ0n) is 11.4. The molecule has 2 rings (SSSR count). The zero-order valence-corrected chi connectivity index (χ0v) is 11.4. The minimum Gasteiger partial charge on any atom is -0.307 e. The Morgan fingerprint density at radius 2 is 2.22 bits per heavy atom. The predicted octanol–water partition coefficient (Wildman–Crippen LogP) is 3.21. The largest absolute Gasteiger partial charge is 0.307 e. The van der Waals surface area contributed by atoms with Crippen LogP contribution < -0.4 is 5.32 Å². The Morgan fingerprint density at radius 3 is 2.89 bits per heavy atom. The summed E-state index contributed by atoms with van der Waals surface area (Å²) in [6, 6.07) is 8.17. The van der Waals surface area contributed by atoms with Crippen molar-refractivity contribution in [2.24, 2.45) is 5.92 Å². The van der Waals surface area contributed by atoms with Crippen molar-refractivity contribution < 1.29 is 4.79 Å². The molecule has 0 spiro atoms. The van der Waals surface area contributed by atoms with Crippen LogP contribution in [0.1, 0.15) is 49.0 Å². The first-order valence-corrected chi connectivity index (χ1v) is 7.03. The van der Waals surface area contributed by atoms with Crippen molar-refractivity contribution in [1.29, 1.82) is 0 Å². The molecule has 1 fully saturated rings. The third-order valence-corrected chi connectivity index (χ3v) is 3.48. The SMILES string of the molecule is CC(C)Cc1cccc(C(=O)C2CCCCN2)c1. The van der Waals surface area contributed by atoms with E-state index in [1.54, 1.807) is 0 Å². The van der Waals surface area contributed by atoms with E-state index in [1.807, 2.05) is 12.1 Å². The molecule has 2 nitrogen and oxygen atoms in total. The lowest BCUT2D eigenvalue weighted by Gasteiger charge is -2.22. The van der Waals surface area contributed by atoms with Crippen LogP contribution in [0.15, 0.2) is 24.3 Å². The lowest BCUT2D eigenvalue weighted by atomic mass is 9.94. The summed E-state index contributed by atoms with van der Waals surface area (Å²) in [6.07, 6.45) is 4.37. The Kier molecular flexibility index (Phi) is 4.54. The number of carbonyl (C=O) groups excluding carboxylic acids is 1. The van der Waals surface area contributed by atoms with Crippen LogP contribution in [0, 0.1) is 5.92 Å². The lowest BCUT2D eigenvalue weighted by Crippen LogP contribution is -2.40. The molecule has 0 aliphatic carbocycles. The number of rotatable bonds is 4. The van der Waals surface area contributed by atoms with Gasteiger partial charge < -0.3 is 5.32 Å². The van der Waals surface area contributed by atoms with Gasteiger partial charge in [0, 0.05) is 5.56 Å². The van der Waals surface area contributed by atoms with Gasteiger partial charge in [-0.2, -0.15) is 0 Å². The zero-order chi connectivity index (χ0) is 13.0. The molecular formula is C16H23NO. The normalized spacial score (nSPS) is 20.1. The Morgan fingerprint density at radius 1 is 1.39 bits per heavy atom. The van der Waals surface area contributed by atoms with Crippen molar-refractivity contribution >= 4 is 5.78 Å². The van der Waals surface area contributed by atoms with Crippen molar-refractivity contribution in [3.63, 3.8) is 0 Å². The minimum absolute atomic E-state index is 0.0352. The van der Waals surface area contributed by atoms with Crippen molar-refractivity contribution in [2.75, 3.05) is 6.54 Å². The molecule has 1 aliphatic heterocycles. The highest BCUT2D eigenvalue weighted by Gasteiger charge is 2.21. The van der Waals surface area contributed by atoms with Crippen LogP contribution in [0.25, 0.3) is 0 Å². The molecule has 0 bridgehead atoms. The average Bonchev–Trinajstić information content (AvgIpc) is 2.38. The molecule has 2 heteroatoms. The smallest absolute Gasteiger partial charge is 0.179 e. The summed E-state index contributed by atoms with van der Waals surface area (Å²) in [5, 5.41) is 3.33. The van der Waals surface area contributed by atoms with Gasteiger partial charge in [-0.3, -0.25) is 4.79 Å². The highest BCUT2D eigenvalue weighted by atomic mass is 16.1. The summed E-state index contributed by atoms with van der Waals surface area (Å²) in [5.41, 5.74) is 2.14. The highest BCUT2D eigenvalue weighted by molar-refractivity contribution is 6.00. The fourth-order valence-electron chi connectivity index (χ4n) is 2.60. The number of hydrogen-bond donors (Lipinski definition) is 1. The quantitative estimate of drug-likeness (QED) is 0.825. The third-order valence-electron chi connectivity index (χ3n) is 3.48. The summed E-state index contributed by atoms with van der Waals surface area (Å²) in [6.45, 7) is 5.39. The van der Waals surface area contributed by atoms with E-state index in [1.165, 1.54) is 12.0 Å². The second-order valence-corrected chi connectivity index (χ2v) is 5.67. The summed E-state index contributed by atoms with van der Waals surface area (Å²) >= 11 is 0. The van der Waals surface area contributed by atoms with Gasteiger partial charge in [0.2, 0.25) is 0 Å². The Hall–Kier alpha value is -1.15. The lowest BCUT2D eigenvalue weighted by molar-refractivity contribution is 0.0927. The van der Waals surface area contributed by atoms with E-state index >= 15 is 0 Å². The van der Waals surface area contributed by atoms with Gasteiger partial charge in [0.15, 0.2) is 5.78 Å². The maximum absolute atomic E-state index is 12.4. The molecule has 0 amide bonds. The van der Waals surface area contributed by atoms with Gasteiger partial charge in [-0.25, -0.2) is 0 Å². The Bertz CT molecular complexity index is 405. The second-order valence-electron chi connectivity index (χ2n) is 5.67. The standard InChI is InChI=1S/C16H23NO/c1-12(2)10-13-6-5-7-14(11-13)16(18)15-8-3-4-9-17-15/h5-7,11-12,15,17H,3-4,8-10H2,1-2H3. The van der Waals surface area contributed by atoms with E-state index in [2.05, 4.69) is 31.3 Å². The van der Waals surface area contributed by atoms with Crippen LogP contribution in [-0.4, -0.2) is 18.4 Å². The van der Waals surface area contributed by atoms with Gasteiger partial charge >= 0.3 is 0 Å². The Labute approximate surface area is 110 Å². The summed E-state index contributed by atoms with van der Waals surface area (Å²) < 4.78 is 0. The molecule has 1 aromatic carbocycles. The molecule has 98 valence electrons. The van der Waals surface area contributed by atoms with E-state index in [-0.39, 0.29) is 11.8 Å². The average molecular weight is 245 g/mol. The van der Waals surface area contributed by atoms with E-state index in [0.717, 1.165) is 31.4 Å². The molecule has 1 heterocycles. The number of hydrogen-bond acceptors (Lipinski definition) is 2. The molecule has 1 aliphatic rings. The molecule has 1 unspecified atom stereocenters. The number of carbonyl (C=O) groups is 1. The molecule has 1 saturated heterocycles. The fourth-order valence-corrected chi connectivity index (χ4v) is 2.60. The van der Waals surface area contributed by atoms with Crippen LogP contribution in [-0.2, 0) is 6.42 Å². The number of ketones is 1. The van der Waals surface area contributed by atoms with Crippen LogP contribution in [0.5, 0.6) is 0 Å². The number of benzene rings is 1. The Balaban J connectivity index is 2.09. The van der Waals surface area contributed by atoms with Crippen molar-refractivity contribution in [2.45, 2.75) is 45.6 Å². The molecule has 0 radical (unpaired) electrons. The number of nitrogens with one attached hydrogen (secondary N) is 1. The molecule has 0 saturated carbocycles. The van der Waals surface area contributed by atoms with Crippen LogP contribution in [0.2, 0.25) is 0 Å². The number of piperidine rings is 1. The predicted molar refractivity (Wildman–Crippen MR) is 75.0 cm³/mol. The maximum atomic E-state index is 12.4. The van der Waals surface area contributed by atoms with E-state index in [9.17, 15) is 4.79 Å². The van der Waals surface area contributed by atoms with Crippen molar-refractivity contribution in [1.82, 2.24) is 5.32 Å². The van der Waals surface area contributed by atoms with Gasteiger partial charge in [0.05, 0.1) is 6.04 Å². The first kappa shape index (κ1) is 13.3. The number of Topliss-reactive ketones (excluding diaryl/α,β-unsaturated/α-hetero) is 1. The van der Waals surface area contributed by atoms with Crippen LogP contribution >= 0.6 is 0 Å². The monoisotopic (exact) mass is 245 g/mol.